The number of nitrogens with zero attached hydrogens (tertiary/aromatic N) is 2. The number of hydrogen-bond donors (Lipinski definition) is 2. The number of benzene rings is 3. The number of aromatic nitrogens is 1. The van der Waals surface area contributed by atoms with E-state index in [1.165, 1.54) is 4.90 Å². The molecule has 194 valence electrons. The zero-order valence-electron chi connectivity index (χ0n) is 20.8. The van der Waals surface area contributed by atoms with Crippen LogP contribution in [-0.4, -0.2) is 53.3 Å². The fourth-order valence-electron chi connectivity index (χ4n) is 4.46. The van der Waals surface area contributed by atoms with Gasteiger partial charge in [0, 0.05) is 35.4 Å². The summed E-state index contributed by atoms with van der Waals surface area (Å²) in [6.45, 7) is 0.748. The zero-order valence-corrected chi connectivity index (χ0v) is 20.8. The lowest BCUT2D eigenvalue weighted by Crippen LogP contribution is -2.38. The van der Waals surface area contributed by atoms with Crippen LogP contribution in [0.3, 0.4) is 0 Å². The van der Waals surface area contributed by atoms with Crippen molar-refractivity contribution in [3.05, 3.63) is 84.6 Å². The summed E-state index contributed by atoms with van der Waals surface area (Å²) in [5.74, 6) is 1.96. The first-order valence-electron chi connectivity index (χ1n) is 12.3. The molecular weight excluding hydrogens is 486 g/mol. The second-order valence-corrected chi connectivity index (χ2v) is 8.86. The van der Waals surface area contributed by atoms with E-state index in [9.17, 15) is 14.7 Å². The van der Waals surface area contributed by atoms with Crippen LogP contribution in [0, 0.1) is 0 Å². The second kappa shape index (κ2) is 11.1. The van der Waals surface area contributed by atoms with Gasteiger partial charge in [0.05, 0.1) is 18.7 Å². The zero-order chi connectivity index (χ0) is 26.5. The van der Waals surface area contributed by atoms with E-state index in [0.717, 1.165) is 18.2 Å². The highest BCUT2D eigenvalue weighted by Crippen LogP contribution is 2.37. The lowest BCUT2D eigenvalue weighted by molar-refractivity contribution is 0.102. The molecule has 1 aliphatic rings. The van der Waals surface area contributed by atoms with Gasteiger partial charge in [-0.25, -0.2) is 4.79 Å². The van der Waals surface area contributed by atoms with Gasteiger partial charge in [-0.1, -0.05) is 18.2 Å². The van der Waals surface area contributed by atoms with Crippen molar-refractivity contribution in [2.45, 2.75) is 18.9 Å². The molecule has 2 amide bonds. The molecule has 2 heterocycles. The van der Waals surface area contributed by atoms with Crippen molar-refractivity contribution in [1.82, 2.24) is 9.88 Å². The molecule has 9 nitrogen and oxygen atoms in total. The highest BCUT2D eigenvalue weighted by molar-refractivity contribution is 6.04. The summed E-state index contributed by atoms with van der Waals surface area (Å²) in [4.78, 5) is 29.7. The van der Waals surface area contributed by atoms with Crippen molar-refractivity contribution in [2.75, 3.05) is 25.6 Å². The molecule has 9 heteroatoms. The van der Waals surface area contributed by atoms with Crippen LogP contribution in [0.1, 0.15) is 23.2 Å². The van der Waals surface area contributed by atoms with Gasteiger partial charge in [0.15, 0.2) is 11.5 Å². The lowest BCUT2D eigenvalue weighted by atomic mass is 10.1. The van der Waals surface area contributed by atoms with Gasteiger partial charge in [-0.2, -0.15) is 0 Å². The quantitative estimate of drug-likeness (QED) is 0.306. The number of carboxylic acid groups (broad SMARTS) is 1. The number of methoxy groups -OCH3 is 1. The third-order valence-electron chi connectivity index (χ3n) is 6.42. The van der Waals surface area contributed by atoms with Crippen LogP contribution >= 0.6 is 0 Å². The second-order valence-electron chi connectivity index (χ2n) is 8.86. The van der Waals surface area contributed by atoms with E-state index in [0.29, 0.717) is 46.3 Å². The number of ether oxygens (including phenoxy) is 3. The van der Waals surface area contributed by atoms with Crippen LogP contribution in [-0.2, 0) is 0 Å². The van der Waals surface area contributed by atoms with Crippen LogP contribution in [0.5, 0.6) is 23.0 Å². The molecule has 1 unspecified atom stereocenters. The van der Waals surface area contributed by atoms with Gasteiger partial charge in [0.2, 0.25) is 0 Å². The predicted molar refractivity (Wildman–Crippen MR) is 142 cm³/mol. The summed E-state index contributed by atoms with van der Waals surface area (Å²) in [5.41, 5.74) is 1.88. The third-order valence-corrected chi connectivity index (χ3v) is 6.42. The Hall–Kier alpha value is -4.79. The van der Waals surface area contributed by atoms with E-state index in [-0.39, 0.29) is 18.6 Å². The van der Waals surface area contributed by atoms with Crippen LogP contribution in [0.15, 0.2) is 79.0 Å². The summed E-state index contributed by atoms with van der Waals surface area (Å²) >= 11 is 0. The minimum absolute atomic E-state index is 0.187. The molecule has 0 aliphatic carbocycles. The molecule has 1 atom stereocenters. The number of carbonyl (C=O) groups excluding carboxylic acids is 1. The monoisotopic (exact) mass is 513 g/mol. The van der Waals surface area contributed by atoms with Gasteiger partial charge < -0.3 is 29.5 Å². The molecule has 5 rings (SSSR count). The Balaban J connectivity index is 1.31. The van der Waals surface area contributed by atoms with Crippen molar-refractivity contribution in [1.29, 1.82) is 0 Å². The first-order valence-corrected chi connectivity index (χ1v) is 12.3. The van der Waals surface area contributed by atoms with Gasteiger partial charge in [0.25, 0.3) is 5.91 Å². The number of amides is 2. The maximum Gasteiger partial charge on any atom is 0.407 e. The fourth-order valence-corrected chi connectivity index (χ4v) is 4.46. The van der Waals surface area contributed by atoms with E-state index < -0.39 is 6.09 Å². The van der Waals surface area contributed by atoms with E-state index in [1.54, 1.807) is 67.9 Å². The maximum atomic E-state index is 12.4. The van der Waals surface area contributed by atoms with Gasteiger partial charge >= 0.3 is 6.09 Å². The van der Waals surface area contributed by atoms with Crippen molar-refractivity contribution in [2.24, 2.45) is 0 Å². The normalized spacial score (nSPS) is 14.8. The molecule has 0 radical (unpaired) electrons. The molecule has 1 aromatic heterocycles. The number of pyridine rings is 1. The Labute approximate surface area is 219 Å². The Morgan fingerprint density at radius 2 is 1.82 bits per heavy atom. The van der Waals surface area contributed by atoms with Gasteiger partial charge in [-0.05, 0) is 61.4 Å². The number of anilines is 1. The number of hydrogen-bond acceptors (Lipinski definition) is 6. The molecule has 2 N–H and O–H groups in total. The van der Waals surface area contributed by atoms with E-state index in [4.69, 9.17) is 14.2 Å². The van der Waals surface area contributed by atoms with E-state index in [1.807, 2.05) is 18.2 Å². The molecule has 3 aromatic carbocycles. The average molecular weight is 514 g/mol. The Morgan fingerprint density at radius 3 is 2.55 bits per heavy atom. The number of likely N-dealkylation sites (tertiary alicyclic amines) is 1. The molecule has 1 aliphatic heterocycles. The van der Waals surface area contributed by atoms with E-state index in [2.05, 4.69) is 10.3 Å². The smallest absolute Gasteiger partial charge is 0.407 e. The van der Waals surface area contributed by atoms with Crippen LogP contribution in [0.25, 0.3) is 10.9 Å². The molecule has 0 saturated carbocycles. The van der Waals surface area contributed by atoms with Gasteiger partial charge in [-0.15, -0.1) is 0 Å². The SMILES string of the molecule is COc1cc2c(Oc3ccc(NC(=O)c4ccccc4)cc3)ccnc2cc1OCC1CCCN1C(=O)O. The van der Waals surface area contributed by atoms with Crippen LogP contribution < -0.4 is 19.5 Å². The van der Waals surface area contributed by atoms with Crippen molar-refractivity contribution < 1.29 is 28.9 Å². The number of nitrogens with one attached hydrogen (secondary N) is 1. The minimum Gasteiger partial charge on any atom is -0.493 e. The summed E-state index contributed by atoms with van der Waals surface area (Å²) in [7, 11) is 1.55. The molecule has 0 bridgehead atoms. The van der Waals surface area contributed by atoms with Crippen molar-refractivity contribution in [3.8, 4) is 23.0 Å². The first kappa shape index (κ1) is 24.9. The van der Waals surface area contributed by atoms with Crippen LogP contribution in [0.4, 0.5) is 10.5 Å². The summed E-state index contributed by atoms with van der Waals surface area (Å²) < 4.78 is 17.7. The molecular formula is C29H27N3O6. The fraction of sp³-hybridized carbons (Fsp3) is 0.207. The topological polar surface area (TPSA) is 110 Å². The van der Waals surface area contributed by atoms with Gasteiger partial charge in [0.1, 0.15) is 18.1 Å². The Kier molecular flexibility index (Phi) is 7.26. The number of carbonyl (C=O) groups is 2. The van der Waals surface area contributed by atoms with Crippen molar-refractivity contribution in [3.63, 3.8) is 0 Å². The number of rotatable bonds is 8. The Bertz CT molecular complexity index is 1440. The molecule has 0 spiro atoms. The molecule has 1 saturated heterocycles. The molecule has 1 fully saturated rings. The predicted octanol–water partition coefficient (Wildman–Crippen LogP) is 5.81. The highest BCUT2D eigenvalue weighted by Gasteiger charge is 2.29. The summed E-state index contributed by atoms with van der Waals surface area (Å²) in [5, 5.41) is 13.0. The minimum atomic E-state index is -0.934. The highest BCUT2D eigenvalue weighted by atomic mass is 16.5. The average Bonchev–Trinajstić information content (AvgIpc) is 3.42. The third kappa shape index (κ3) is 5.46. The summed E-state index contributed by atoms with van der Waals surface area (Å²) in [6.07, 6.45) is 2.29. The Morgan fingerprint density at radius 1 is 1.03 bits per heavy atom. The molecule has 38 heavy (non-hydrogen) atoms. The standard InChI is InChI=1S/C29H27N3O6/c1-36-26-16-23-24(17-27(26)37-18-21-8-5-15-32(21)29(34)35)30-14-13-25(23)38-22-11-9-20(10-12-22)31-28(33)19-6-3-2-4-7-19/h2-4,6-7,9-14,16-17,21H,5,8,15,18H2,1H3,(H,31,33)(H,34,35). The van der Waals surface area contributed by atoms with E-state index >= 15 is 0 Å². The van der Waals surface area contributed by atoms with Gasteiger partial charge in [-0.3, -0.25) is 9.78 Å². The number of fused-ring (bicyclic) bond motifs is 1. The van der Waals surface area contributed by atoms with Crippen LogP contribution in [0.2, 0.25) is 0 Å². The largest absolute Gasteiger partial charge is 0.493 e. The first-order chi connectivity index (χ1) is 18.5. The lowest BCUT2D eigenvalue weighted by Gasteiger charge is -2.22. The summed E-state index contributed by atoms with van der Waals surface area (Å²) in [6, 6.07) is 21.2. The molecule has 4 aromatic rings. The maximum absolute atomic E-state index is 12.4. The van der Waals surface area contributed by atoms with Crippen molar-refractivity contribution >= 4 is 28.6 Å².